The lowest BCUT2D eigenvalue weighted by Crippen LogP contribution is -2.37. The van der Waals surface area contributed by atoms with E-state index in [9.17, 15) is 0 Å². The van der Waals surface area contributed by atoms with Crippen molar-refractivity contribution in [3.63, 3.8) is 0 Å². The number of aromatic amines is 1. The van der Waals surface area contributed by atoms with Gasteiger partial charge in [0, 0.05) is 23.7 Å². The second-order valence-electron chi connectivity index (χ2n) is 7.55. The first-order valence-electron chi connectivity index (χ1n) is 9.77. The summed E-state index contributed by atoms with van der Waals surface area (Å²) in [6, 6.07) is 12.5. The molecule has 1 aliphatic heterocycles. The van der Waals surface area contributed by atoms with Crippen molar-refractivity contribution >= 4 is 22.6 Å². The molecule has 2 aromatic carbocycles. The molecule has 0 saturated carbocycles. The molecule has 142 valence electrons. The van der Waals surface area contributed by atoms with Crippen LogP contribution in [0.5, 0.6) is 0 Å². The van der Waals surface area contributed by atoms with E-state index in [0.717, 1.165) is 40.5 Å². The number of aromatic nitrogens is 2. The monoisotopic (exact) mass is 382 g/mol. The van der Waals surface area contributed by atoms with Crippen LogP contribution in [-0.2, 0) is 0 Å². The molecule has 2 heterocycles. The van der Waals surface area contributed by atoms with Gasteiger partial charge in [0.1, 0.15) is 5.82 Å². The van der Waals surface area contributed by atoms with Crippen LogP contribution in [0.15, 0.2) is 36.4 Å². The number of imidazole rings is 1. The average Bonchev–Trinajstić information content (AvgIpc) is 3.12. The maximum absolute atomic E-state index is 6.15. The van der Waals surface area contributed by atoms with E-state index in [0.29, 0.717) is 5.92 Å². The quantitative estimate of drug-likeness (QED) is 0.678. The van der Waals surface area contributed by atoms with Crippen LogP contribution in [0.3, 0.4) is 0 Å². The van der Waals surface area contributed by atoms with Crippen molar-refractivity contribution in [2.24, 2.45) is 0 Å². The van der Waals surface area contributed by atoms with Crippen LogP contribution >= 0.6 is 11.6 Å². The molecular formula is C22H27ClN4. The first kappa shape index (κ1) is 18.5. The van der Waals surface area contributed by atoms with Crippen LogP contribution in [-0.4, -0.2) is 48.1 Å². The lowest BCUT2D eigenvalue weighted by Gasteiger charge is -2.32. The number of H-pyrrole nitrogens is 1. The maximum Gasteiger partial charge on any atom is 0.138 e. The minimum atomic E-state index is 0.636. The molecule has 0 unspecified atom stereocenters. The zero-order valence-electron chi connectivity index (χ0n) is 16.1. The number of nitrogens with one attached hydrogen (secondary N) is 2. The van der Waals surface area contributed by atoms with E-state index < -0.39 is 0 Å². The van der Waals surface area contributed by atoms with Crippen molar-refractivity contribution in [3.05, 3.63) is 52.5 Å². The van der Waals surface area contributed by atoms with Gasteiger partial charge < -0.3 is 15.2 Å². The molecule has 0 amide bonds. The molecule has 1 aromatic heterocycles. The van der Waals surface area contributed by atoms with E-state index in [1.807, 2.05) is 31.3 Å². The second kappa shape index (κ2) is 8.01. The highest BCUT2D eigenvalue weighted by molar-refractivity contribution is 6.30. The van der Waals surface area contributed by atoms with Gasteiger partial charge in [-0.1, -0.05) is 29.8 Å². The molecule has 1 fully saturated rings. The third-order valence-corrected chi connectivity index (χ3v) is 5.87. The number of nitrogens with zero attached hydrogens (tertiary/aromatic N) is 2. The van der Waals surface area contributed by atoms with Gasteiger partial charge in [0.25, 0.3) is 0 Å². The number of likely N-dealkylation sites (tertiary alicyclic amines) is 1. The summed E-state index contributed by atoms with van der Waals surface area (Å²) in [5.74, 6) is 1.52. The summed E-state index contributed by atoms with van der Waals surface area (Å²) >= 11 is 6.15. The van der Waals surface area contributed by atoms with Crippen molar-refractivity contribution in [2.45, 2.75) is 25.7 Å². The van der Waals surface area contributed by atoms with Crippen LogP contribution in [0.25, 0.3) is 22.4 Å². The van der Waals surface area contributed by atoms with Crippen LogP contribution in [0.1, 0.15) is 29.9 Å². The summed E-state index contributed by atoms with van der Waals surface area (Å²) in [5.41, 5.74) is 5.88. The largest absolute Gasteiger partial charge is 0.338 e. The lowest BCUT2D eigenvalue weighted by atomic mass is 9.88. The normalized spacial score (nSPS) is 16.3. The molecule has 27 heavy (non-hydrogen) atoms. The van der Waals surface area contributed by atoms with Crippen LogP contribution in [0.2, 0.25) is 5.02 Å². The Hall–Kier alpha value is -1.88. The third kappa shape index (κ3) is 4.03. The van der Waals surface area contributed by atoms with Gasteiger partial charge in [-0.25, -0.2) is 4.98 Å². The summed E-state index contributed by atoms with van der Waals surface area (Å²) < 4.78 is 0. The smallest absolute Gasteiger partial charge is 0.138 e. The van der Waals surface area contributed by atoms with E-state index in [4.69, 9.17) is 16.6 Å². The SMILES string of the molecule is CNCCN1CCC(c2cc(C)c3nc(-c4cccc(Cl)c4)[nH]c3c2)CC1. The molecular weight excluding hydrogens is 356 g/mol. The molecule has 4 nitrogen and oxygen atoms in total. The number of fused-ring (bicyclic) bond motifs is 1. The Kier molecular flexibility index (Phi) is 5.48. The fourth-order valence-electron chi connectivity index (χ4n) is 4.09. The molecule has 0 bridgehead atoms. The van der Waals surface area contributed by atoms with Gasteiger partial charge in [0.05, 0.1) is 11.0 Å². The molecule has 1 saturated heterocycles. The number of likely N-dealkylation sites (N-methyl/N-ethyl adjacent to an activating group) is 1. The maximum atomic E-state index is 6.15. The van der Waals surface area contributed by atoms with E-state index in [1.54, 1.807) is 0 Å². The number of halogens is 1. The summed E-state index contributed by atoms with van der Waals surface area (Å²) in [6.45, 7) is 6.73. The molecule has 1 aliphatic rings. The number of piperidine rings is 1. The summed E-state index contributed by atoms with van der Waals surface area (Å²) in [6.07, 6.45) is 2.45. The second-order valence-corrected chi connectivity index (χ2v) is 7.99. The Morgan fingerprint density at radius 2 is 2.04 bits per heavy atom. The van der Waals surface area contributed by atoms with Crippen LogP contribution < -0.4 is 5.32 Å². The number of hydrogen-bond donors (Lipinski definition) is 2. The minimum absolute atomic E-state index is 0.636. The van der Waals surface area contributed by atoms with Crippen molar-refractivity contribution in [1.29, 1.82) is 0 Å². The predicted octanol–water partition coefficient (Wildman–Crippen LogP) is 4.59. The molecule has 3 aromatic rings. The molecule has 0 radical (unpaired) electrons. The van der Waals surface area contributed by atoms with E-state index in [-0.39, 0.29) is 0 Å². The Bertz CT molecular complexity index is 925. The van der Waals surface area contributed by atoms with Gasteiger partial charge in [-0.2, -0.15) is 0 Å². The van der Waals surface area contributed by atoms with E-state index >= 15 is 0 Å². The Balaban J connectivity index is 1.57. The predicted molar refractivity (Wildman–Crippen MR) is 114 cm³/mol. The zero-order valence-corrected chi connectivity index (χ0v) is 16.8. The average molecular weight is 383 g/mol. The summed E-state index contributed by atoms with van der Waals surface area (Å²) in [7, 11) is 2.02. The van der Waals surface area contributed by atoms with Crippen molar-refractivity contribution in [3.8, 4) is 11.4 Å². The number of hydrogen-bond acceptors (Lipinski definition) is 3. The Morgan fingerprint density at radius 1 is 1.22 bits per heavy atom. The van der Waals surface area contributed by atoms with Crippen molar-refractivity contribution < 1.29 is 0 Å². The van der Waals surface area contributed by atoms with E-state index in [1.165, 1.54) is 37.1 Å². The van der Waals surface area contributed by atoms with E-state index in [2.05, 4.69) is 34.3 Å². The first-order valence-corrected chi connectivity index (χ1v) is 10.1. The summed E-state index contributed by atoms with van der Waals surface area (Å²) in [5, 5.41) is 3.98. The minimum Gasteiger partial charge on any atom is -0.338 e. The molecule has 0 atom stereocenters. The first-order chi connectivity index (χ1) is 13.1. The zero-order chi connectivity index (χ0) is 18.8. The Labute approximate surface area is 165 Å². The third-order valence-electron chi connectivity index (χ3n) is 5.63. The molecule has 2 N–H and O–H groups in total. The van der Waals surface area contributed by atoms with Gasteiger partial charge in [-0.3, -0.25) is 0 Å². The lowest BCUT2D eigenvalue weighted by molar-refractivity contribution is 0.214. The van der Waals surface area contributed by atoms with Gasteiger partial charge in [0.2, 0.25) is 0 Å². The fraction of sp³-hybridized carbons (Fsp3) is 0.409. The molecule has 0 aliphatic carbocycles. The Morgan fingerprint density at radius 3 is 2.78 bits per heavy atom. The summed E-state index contributed by atoms with van der Waals surface area (Å²) in [4.78, 5) is 10.9. The highest BCUT2D eigenvalue weighted by Gasteiger charge is 2.21. The number of benzene rings is 2. The van der Waals surface area contributed by atoms with Crippen LogP contribution in [0.4, 0.5) is 0 Å². The topological polar surface area (TPSA) is 44.0 Å². The fourth-order valence-corrected chi connectivity index (χ4v) is 4.28. The van der Waals surface area contributed by atoms with Gasteiger partial charge in [0.15, 0.2) is 0 Å². The van der Waals surface area contributed by atoms with Crippen LogP contribution in [0, 0.1) is 6.92 Å². The standard InChI is InChI=1S/C22H27ClN4/c1-15-12-18(16-6-9-27(10-7-16)11-8-24-2)14-20-21(15)26-22(25-20)17-4-3-5-19(23)13-17/h3-5,12-14,16,24H,6-11H2,1-2H3,(H,25,26). The highest BCUT2D eigenvalue weighted by Crippen LogP contribution is 2.32. The molecule has 4 rings (SSSR count). The van der Waals surface area contributed by atoms with Gasteiger partial charge >= 0.3 is 0 Å². The van der Waals surface area contributed by atoms with Gasteiger partial charge in [-0.15, -0.1) is 0 Å². The number of rotatable bonds is 5. The van der Waals surface area contributed by atoms with Crippen molar-refractivity contribution in [1.82, 2.24) is 20.2 Å². The van der Waals surface area contributed by atoms with Gasteiger partial charge in [-0.05, 0) is 75.1 Å². The molecule has 0 spiro atoms. The van der Waals surface area contributed by atoms with Crippen molar-refractivity contribution in [2.75, 3.05) is 33.2 Å². The highest BCUT2D eigenvalue weighted by atomic mass is 35.5. The molecule has 5 heteroatoms. The number of aryl methyl sites for hydroxylation is 1.